The first-order chi connectivity index (χ1) is 16.1. The van der Waals surface area contributed by atoms with Gasteiger partial charge in [-0.15, -0.1) is 10.2 Å². The minimum atomic E-state index is -0.419. The number of nitrogens with zero attached hydrogens (tertiary/aromatic N) is 4. The van der Waals surface area contributed by atoms with Gasteiger partial charge in [0.05, 0.1) is 11.9 Å². The Morgan fingerprint density at radius 1 is 1.21 bits per heavy atom. The number of phenols is 1. The second-order valence-corrected chi connectivity index (χ2v) is 9.74. The van der Waals surface area contributed by atoms with Crippen LogP contribution in [0.3, 0.4) is 0 Å². The molecule has 3 heterocycles. The van der Waals surface area contributed by atoms with E-state index in [1.807, 2.05) is 17.0 Å². The van der Waals surface area contributed by atoms with Gasteiger partial charge in [-0.05, 0) is 37.6 Å². The molecule has 1 saturated heterocycles. The SMILES string of the molecule is CC1(C)C(Oc2ccc(-c3ccc(-c4cn[nH]c4)cc3O)nn2)CCN(C(=O)CCN)C1(C)C. The Hall–Kier alpha value is -3.46. The van der Waals surface area contributed by atoms with E-state index in [0.717, 1.165) is 11.1 Å². The van der Waals surface area contributed by atoms with Crippen LogP contribution in [-0.4, -0.2) is 61.0 Å². The van der Waals surface area contributed by atoms with Crippen molar-refractivity contribution in [2.75, 3.05) is 13.1 Å². The summed E-state index contributed by atoms with van der Waals surface area (Å²) in [5.74, 6) is 0.592. The highest BCUT2D eigenvalue weighted by Gasteiger charge is 2.52. The van der Waals surface area contributed by atoms with Gasteiger partial charge in [-0.1, -0.05) is 19.9 Å². The Labute approximate surface area is 199 Å². The number of nitrogens with two attached hydrogens (primary N) is 1. The summed E-state index contributed by atoms with van der Waals surface area (Å²) in [5.41, 5.74) is 7.72. The minimum Gasteiger partial charge on any atom is -0.507 e. The lowest BCUT2D eigenvalue weighted by Crippen LogP contribution is -2.65. The number of phenolic OH excluding ortho intramolecular Hbond substituents is 1. The first-order valence-corrected chi connectivity index (χ1v) is 11.5. The first kappa shape index (κ1) is 23.7. The van der Waals surface area contributed by atoms with E-state index in [1.54, 1.807) is 30.6 Å². The second-order valence-electron chi connectivity index (χ2n) is 9.74. The molecule has 0 aliphatic carbocycles. The van der Waals surface area contributed by atoms with E-state index in [4.69, 9.17) is 10.5 Å². The number of aromatic nitrogens is 4. The largest absolute Gasteiger partial charge is 0.507 e. The van der Waals surface area contributed by atoms with Crippen molar-refractivity contribution in [1.29, 1.82) is 0 Å². The normalized spacial score (nSPS) is 19.1. The van der Waals surface area contributed by atoms with E-state index < -0.39 is 5.54 Å². The number of carbonyl (C=O) groups excluding carboxylic acids is 1. The number of ether oxygens (including phenoxy) is 1. The van der Waals surface area contributed by atoms with Crippen molar-refractivity contribution in [2.24, 2.45) is 11.1 Å². The molecule has 4 N–H and O–H groups in total. The summed E-state index contributed by atoms with van der Waals surface area (Å²) < 4.78 is 6.27. The van der Waals surface area contributed by atoms with Crippen molar-refractivity contribution < 1.29 is 14.6 Å². The molecule has 34 heavy (non-hydrogen) atoms. The summed E-state index contributed by atoms with van der Waals surface area (Å²) in [6.07, 6.45) is 4.34. The predicted molar refractivity (Wildman–Crippen MR) is 129 cm³/mol. The summed E-state index contributed by atoms with van der Waals surface area (Å²) in [6, 6.07) is 8.93. The fourth-order valence-corrected chi connectivity index (χ4v) is 4.54. The Morgan fingerprint density at radius 3 is 2.62 bits per heavy atom. The lowest BCUT2D eigenvalue weighted by Gasteiger charge is -2.56. The van der Waals surface area contributed by atoms with E-state index >= 15 is 0 Å². The predicted octanol–water partition coefficient (Wildman–Crippen LogP) is 3.37. The lowest BCUT2D eigenvalue weighted by atomic mass is 9.66. The molecule has 2 aromatic heterocycles. The molecule has 1 atom stereocenters. The van der Waals surface area contributed by atoms with Gasteiger partial charge in [0.1, 0.15) is 11.9 Å². The molecule has 0 spiro atoms. The molecule has 180 valence electrons. The maximum Gasteiger partial charge on any atom is 0.233 e. The van der Waals surface area contributed by atoms with Crippen LogP contribution in [0.5, 0.6) is 11.6 Å². The highest BCUT2D eigenvalue weighted by molar-refractivity contribution is 5.77. The van der Waals surface area contributed by atoms with E-state index in [1.165, 1.54) is 0 Å². The number of hydrogen-bond acceptors (Lipinski definition) is 7. The molecule has 4 rings (SSSR count). The van der Waals surface area contributed by atoms with Gasteiger partial charge >= 0.3 is 0 Å². The fraction of sp³-hybridized carbons (Fsp3) is 0.440. The number of aromatic hydroxyl groups is 1. The quantitative estimate of drug-likeness (QED) is 0.510. The maximum atomic E-state index is 12.6. The highest BCUT2D eigenvalue weighted by Crippen LogP contribution is 2.45. The summed E-state index contributed by atoms with van der Waals surface area (Å²) in [5, 5.41) is 25.8. The van der Waals surface area contributed by atoms with Crippen molar-refractivity contribution >= 4 is 5.91 Å². The van der Waals surface area contributed by atoms with Gasteiger partial charge in [0.25, 0.3) is 0 Å². The number of nitrogens with one attached hydrogen (secondary N) is 1. The third-order valence-corrected chi connectivity index (χ3v) is 7.34. The van der Waals surface area contributed by atoms with Crippen LogP contribution in [0.15, 0.2) is 42.7 Å². The number of aromatic amines is 1. The Balaban J connectivity index is 1.49. The molecule has 1 aromatic carbocycles. The Bertz CT molecular complexity index is 1140. The molecular weight excluding hydrogens is 432 g/mol. The summed E-state index contributed by atoms with van der Waals surface area (Å²) in [4.78, 5) is 14.5. The Morgan fingerprint density at radius 2 is 2.00 bits per heavy atom. The molecule has 1 unspecified atom stereocenters. The molecule has 9 heteroatoms. The van der Waals surface area contributed by atoms with Crippen molar-refractivity contribution in [2.45, 2.75) is 52.2 Å². The Kier molecular flexibility index (Phi) is 6.31. The van der Waals surface area contributed by atoms with Gasteiger partial charge in [0, 0.05) is 60.3 Å². The molecule has 0 bridgehead atoms. The lowest BCUT2D eigenvalue weighted by molar-refractivity contribution is -0.155. The second kappa shape index (κ2) is 9.06. The number of rotatable bonds is 6. The number of likely N-dealkylation sites (tertiary alicyclic amines) is 1. The van der Waals surface area contributed by atoms with Crippen LogP contribution in [0.4, 0.5) is 0 Å². The van der Waals surface area contributed by atoms with Gasteiger partial charge in [-0.2, -0.15) is 5.10 Å². The number of carbonyl (C=O) groups is 1. The standard InChI is InChI=1S/C25H32N6O3/c1-24(2)21(10-12-31(25(24,3)4)23(33)9-11-26)34-22-8-7-19(29-30-22)18-6-5-16(13-20(18)32)17-14-27-28-15-17/h5-8,13-15,21,32H,9-12,26H2,1-4H3,(H,27,28). The van der Waals surface area contributed by atoms with Crippen LogP contribution < -0.4 is 10.5 Å². The van der Waals surface area contributed by atoms with Crippen LogP contribution in [0.2, 0.25) is 0 Å². The smallest absolute Gasteiger partial charge is 0.233 e. The van der Waals surface area contributed by atoms with Crippen LogP contribution in [0, 0.1) is 5.41 Å². The topological polar surface area (TPSA) is 130 Å². The number of benzene rings is 1. The van der Waals surface area contributed by atoms with E-state index in [-0.39, 0.29) is 23.2 Å². The molecule has 3 aromatic rings. The van der Waals surface area contributed by atoms with E-state index in [9.17, 15) is 9.90 Å². The van der Waals surface area contributed by atoms with Gasteiger partial charge in [-0.25, -0.2) is 0 Å². The van der Waals surface area contributed by atoms with Gasteiger partial charge < -0.3 is 20.5 Å². The van der Waals surface area contributed by atoms with Gasteiger partial charge in [0.2, 0.25) is 11.8 Å². The monoisotopic (exact) mass is 464 g/mol. The average molecular weight is 465 g/mol. The zero-order chi connectivity index (χ0) is 24.5. The molecular formula is C25H32N6O3. The number of hydrogen-bond donors (Lipinski definition) is 3. The van der Waals surface area contributed by atoms with Crippen molar-refractivity contribution in [3.05, 3.63) is 42.7 Å². The van der Waals surface area contributed by atoms with Crippen molar-refractivity contribution in [3.63, 3.8) is 0 Å². The number of amides is 1. The van der Waals surface area contributed by atoms with Crippen molar-refractivity contribution in [3.8, 4) is 34.0 Å². The maximum absolute atomic E-state index is 12.6. The molecule has 9 nitrogen and oxygen atoms in total. The van der Waals surface area contributed by atoms with Crippen LogP contribution in [0.25, 0.3) is 22.4 Å². The fourth-order valence-electron chi connectivity index (χ4n) is 4.54. The molecule has 1 amide bonds. The number of H-pyrrole nitrogens is 1. The zero-order valence-corrected chi connectivity index (χ0v) is 20.1. The van der Waals surface area contributed by atoms with Crippen LogP contribution in [0.1, 0.15) is 40.5 Å². The number of piperidine rings is 1. The van der Waals surface area contributed by atoms with E-state index in [0.29, 0.717) is 43.1 Å². The van der Waals surface area contributed by atoms with Gasteiger partial charge in [-0.3, -0.25) is 9.89 Å². The van der Waals surface area contributed by atoms with E-state index in [2.05, 4.69) is 48.1 Å². The third kappa shape index (κ3) is 4.23. The average Bonchev–Trinajstić information content (AvgIpc) is 3.33. The molecule has 1 aliphatic heterocycles. The molecule has 1 fully saturated rings. The van der Waals surface area contributed by atoms with Gasteiger partial charge in [0.15, 0.2) is 0 Å². The van der Waals surface area contributed by atoms with Crippen LogP contribution in [-0.2, 0) is 4.79 Å². The molecule has 0 radical (unpaired) electrons. The van der Waals surface area contributed by atoms with Crippen molar-refractivity contribution in [1.82, 2.24) is 25.3 Å². The summed E-state index contributed by atoms with van der Waals surface area (Å²) in [7, 11) is 0. The summed E-state index contributed by atoms with van der Waals surface area (Å²) >= 11 is 0. The third-order valence-electron chi connectivity index (χ3n) is 7.34. The summed E-state index contributed by atoms with van der Waals surface area (Å²) in [6.45, 7) is 9.31. The zero-order valence-electron chi connectivity index (χ0n) is 20.1. The van der Waals surface area contributed by atoms with Crippen LogP contribution >= 0.6 is 0 Å². The highest BCUT2D eigenvalue weighted by atomic mass is 16.5. The molecule has 0 saturated carbocycles. The first-order valence-electron chi connectivity index (χ1n) is 11.5. The minimum absolute atomic E-state index is 0.0711. The molecule has 1 aliphatic rings.